The molecule has 3 aromatic rings. The molecule has 102 valence electrons. The molecular weight excluding hydrogens is 266 g/mol. The first-order valence-electron chi connectivity index (χ1n) is 6.58. The molecule has 3 nitrogen and oxygen atoms in total. The van der Waals surface area contributed by atoms with Crippen LogP contribution in [0.2, 0.25) is 0 Å². The maximum atomic E-state index is 6.02. The largest absolute Gasteiger partial charge is 0.397 e. The highest BCUT2D eigenvalue weighted by Crippen LogP contribution is 2.33. The number of nitrogens with zero attached hydrogens (tertiary/aromatic N) is 2. The van der Waals surface area contributed by atoms with Crippen LogP contribution in [-0.2, 0) is 0 Å². The van der Waals surface area contributed by atoms with E-state index in [0.717, 1.165) is 22.3 Å². The molecule has 2 aromatic heterocycles. The lowest BCUT2D eigenvalue weighted by Gasteiger charge is -2.27. The van der Waals surface area contributed by atoms with Crippen LogP contribution < -0.4 is 10.6 Å². The standard InChI is InChI=1S/C16H17N3S/c1-11(15-7-4-10-20-15)19(2)14-8-9-18-16-12(14)5-3-6-13(16)17/h3-11H,17H2,1-2H3. The summed E-state index contributed by atoms with van der Waals surface area (Å²) in [5.41, 5.74) is 8.77. The van der Waals surface area contributed by atoms with Gasteiger partial charge in [-0.25, -0.2) is 0 Å². The van der Waals surface area contributed by atoms with E-state index in [0.29, 0.717) is 6.04 Å². The zero-order valence-electron chi connectivity index (χ0n) is 11.6. The molecule has 1 aromatic carbocycles. The molecular formula is C16H17N3S. The minimum absolute atomic E-state index is 0.321. The Kier molecular flexibility index (Phi) is 3.32. The van der Waals surface area contributed by atoms with Crippen LogP contribution in [0.5, 0.6) is 0 Å². The van der Waals surface area contributed by atoms with Gasteiger partial charge in [0.15, 0.2) is 0 Å². The molecule has 1 atom stereocenters. The van der Waals surface area contributed by atoms with Gasteiger partial charge in [-0.2, -0.15) is 0 Å². The minimum Gasteiger partial charge on any atom is -0.397 e. The highest BCUT2D eigenvalue weighted by Gasteiger charge is 2.16. The maximum Gasteiger partial charge on any atom is 0.0951 e. The third kappa shape index (κ3) is 2.12. The van der Waals surface area contributed by atoms with E-state index in [1.54, 1.807) is 11.3 Å². The molecule has 1 unspecified atom stereocenters. The van der Waals surface area contributed by atoms with E-state index in [9.17, 15) is 0 Å². The molecule has 3 rings (SSSR count). The van der Waals surface area contributed by atoms with Crippen molar-refractivity contribution < 1.29 is 0 Å². The summed E-state index contributed by atoms with van der Waals surface area (Å²) in [6, 6.07) is 12.6. The molecule has 0 bridgehead atoms. The number of para-hydroxylation sites is 1. The number of hydrogen-bond donors (Lipinski definition) is 1. The smallest absolute Gasteiger partial charge is 0.0951 e. The van der Waals surface area contributed by atoms with Crippen molar-refractivity contribution in [2.75, 3.05) is 17.7 Å². The highest BCUT2D eigenvalue weighted by molar-refractivity contribution is 7.10. The van der Waals surface area contributed by atoms with Gasteiger partial charge in [-0.05, 0) is 30.5 Å². The van der Waals surface area contributed by atoms with Crippen molar-refractivity contribution >= 4 is 33.6 Å². The summed E-state index contributed by atoms with van der Waals surface area (Å²) in [6.45, 7) is 2.21. The zero-order valence-corrected chi connectivity index (χ0v) is 12.4. The van der Waals surface area contributed by atoms with Crippen molar-refractivity contribution in [1.82, 2.24) is 4.98 Å². The van der Waals surface area contributed by atoms with Gasteiger partial charge >= 0.3 is 0 Å². The third-order valence-electron chi connectivity index (χ3n) is 3.70. The van der Waals surface area contributed by atoms with Gasteiger partial charge in [-0.1, -0.05) is 18.2 Å². The zero-order chi connectivity index (χ0) is 14.1. The summed E-state index contributed by atoms with van der Waals surface area (Å²) in [7, 11) is 2.11. The van der Waals surface area contributed by atoms with Crippen LogP contribution >= 0.6 is 11.3 Å². The number of thiophene rings is 1. The van der Waals surface area contributed by atoms with Crippen LogP contribution in [0.1, 0.15) is 17.8 Å². The van der Waals surface area contributed by atoms with Crippen LogP contribution in [0.4, 0.5) is 11.4 Å². The van der Waals surface area contributed by atoms with Crippen molar-refractivity contribution in [3.05, 3.63) is 52.9 Å². The number of benzene rings is 1. The lowest BCUT2D eigenvalue weighted by Crippen LogP contribution is -2.21. The van der Waals surface area contributed by atoms with Gasteiger partial charge in [0.2, 0.25) is 0 Å². The van der Waals surface area contributed by atoms with Gasteiger partial charge in [0.05, 0.1) is 17.2 Å². The highest BCUT2D eigenvalue weighted by atomic mass is 32.1. The molecule has 0 saturated carbocycles. The van der Waals surface area contributed by atoms with E-state index < -0.39 is 0 Å². The first-order valence-corrected chi connectivity index (χ1v) is 7.46. The molecule has 0 aliphatic carbocycles. The first kappa shape index (κ1) is 12.9. The second-order valence-corrected chi connectivity index (χ2v) is 5.86. The summed E-state index contributed by atoms with van der Waals surface area (Å²) in [4.78, 5) is 8.02. The number of fused-ring (bicyclic) bond motifs is 1. The van der Waals surface area contributed by atoms with Crippen LogP contribution in [0.15, 0.2) is 48.0 Å². The van der Waals surface area contributed by atoms with Crippen LogP contribution in [0.3, 0.4) is 0 Å². The molecule has 0 aliphatic rings. The lowest BCUT2D eigenvalue weighted by atomic mass is 10.1. The van der Waals surface area contributed by atoms with E-state index in [1.807, 2.05) is 24.4 Å². The average Bonchev–Trinajstić information content (AvgIpc) is 3.00. The number of anilines is 2. The number of pyridine rings is 1. The van der Waals surface area contributed by atoms with Crippen molar-refractivity contribution in [2.45, 2.75) is 13.0 Å². The molecule has 20 heavy (non-hydrogen) atoms. The van der Waals surface area contributed by atoms with Gasteiger partial charge in [0.1, 0.15) is 0 Å². The molecule has 0 saturated heterocycles. The molecule has 0 spiro atoms. The predicted molar refractivity (Wildman–Crippen MR) is 87.3 cm³/mol. The van der Waals surface area contributed by atoms with Gasteiger partial charge in [0, 0.05) is 29.2 Å². The van der Waals surface area contributed by atoms with Crippen LogP contribution in [0, 0.1) is 0 Å². The fourth-order valence-electron chi connectivity index (χ4n) is 2.42. The van der Waals surface area contributed by atoms with E-state index in [1.165, 1.54) is 4.88 Å². The van der Waals surface area contributed by atoms with Gasteiger partial charge in [-0.3, -0.25) is 4.98 Å². The minimum atomic E-state index is 0.321. The fraction of sp³-hybridized carbons (Fsp3) is 0.188. The number of aromatic nitrogens is 1. The monoisotopic (exact) mass is 283 g/mol. The quantitative estimate of drug-likeness (QED) is 0.737. The van der Waals surface area contributed by atoms with Crippen molar-refractivity contribution in [3.8, 4) is 0 Å². The first-order chi connectivity index (χ1) is 9.68. The third-order valence-corrected chi connectivity index (χ3v) is 4.74. The summed E-state index contributed by atoms with van der Waals surface area (Å²) >= 11 is 1.78. The second kappa shape index (κ2) is 5.13. The van der Waals surface area contributed by atoms with Crippen molar-refractivity contribution in [1.29, 1.82) is 0 Å². The Morgan fingerprint density at radius 3 is 2.80 bits per heavy atom. The molecule has 4 heteroatoms. The fourth-order valence-corrected chi connectivity index (χ4v) is 3.25. The lowest BCUT2D eigenvalue weighted by molar-refractivity contribution is 0.756. The van der Waals surface area contributed by atoms with E-state index >= 15 is 0 Å². The number of rotatable bonds is 3. The Labute approximate surface area is 122 Å². The Balaban J connectivity index is 2.08. The van der Waals surface area contributed by atoms with E-state index in [4.69, 9.17) is 5.73 Å². The van der Waals surface area contributed by atoms with Gasteiger partial charge in [0.25, 0.3) is 0 Å². The number of nitrogens with two attached hydrogens (primary N) is 1. The molecule has 0 amide bonds. The average molecular weight is 283 g/mol. The molecule has 2 N–H and O–H groups in total. The van der Waals surface area contributed by atoms with Crippen molar-refractivity contribution in [2.24, 2.45) is 0 Å². The van der Waals surface area contributed by atoms with Gasteiger partial charge in [-0.15, -0.1) is 11.3 Å². The van der Waals surface area contributed by atoms with Crippen molar-refractivity contribution in [3.63, 3.8) is 0 Å². The number of nitrogen functional groups attached to an aromatic ring is 1. The molecule has 0 radical (unpaired) electrons. The summed E-state index contributed by atoms with van der Waals surface area (Å²) in [5, 5.41) is 3.21. The Bertz CT molecular complexity index is 722. The van der Waals surface area contributed by atoms with E-state index in [-0.39, 0.29) is 0 Å². The summed E-state index contributed by atoms with van der Waals surface area (Å²) < 4.78 is 0. The Morgan fingerprint density at radius 1 is 1.20 bits per heavy atom. The van der Waals surface area contributed by atoms with Gasteiger partial charge < -0.3 is 10.6 Å². The SMILES string of the molecule is CC(c1cccs1)N(C)c1ccnc2c(N)cccc12. The summed E-state index contributed by atoms with van der Waals surface area (Å²) in [5.74, 6) is 0. The normalized spacial score (nSPS) is 12.5. The summed E-state index contributed by atoms with van der Waals surface area (Å²) in [6.07, 6.45) is 1.83. The van der Waals surface area contributed by atoms with E-state index in [2.05, 4.69) is 47.4 Å². The van der Waals surface area contributed by atoms with Crippen LogP contribution in [0.25, 0.3) is 10.9 Å². The Morgan fingerprint density at radius 2 is 2.05 bits per heavy atom. The topological polar surface area (TPSA) is 42.2 Å². The number of hydrogen-bond acceptors (Lipinski definition) is 4. The maximum absolute atomic E-state index is 6.02. The second-order valence-electron chi connectivity index (χ2n) is 4.88. The van der Waals surface area contributed by atoms with Crippen LogP contribution in [-0.4, -0.2) is 12.0 Å². The molecule has 2 heterocycles. The molecule has 0 fully saturated rings. The molecule has 0 aliphatic heterocycles. The predicted octanol–water partition coefficient (Wildman–Crippen LogP) is 4.08. The Hall–Kier alpha value is -2.07.